The largest absolute Gasteiger partial charge is 0.496 e. The lowest BCUT2D eigenvalue weighted by molar-refractivity contribution is 0.375. The summed E-state index contributed by atoms with van der Waals surface area (Å²) in [4.78, 5) is 8.44. The summed E-state index contributed by atoms with van der Waals surface area (Å²) < 4.78 is 7.58. The Bertz CT molecular complexity index is 1110. The number of rotatable bonds is 4. The number of halogens is 1. The third-order valence-corrected chi connectivity index (χ3v) is 5.61. The first-order chi connectivity index (χ1) is 13.5. The Kier molecular flexibility index (Phi) is 4.57. The quantitative estimate of drug-likeness (QED) is 0.695. The van der Waals surface area contributed by atoms with E-state index in [-0.39, 0.29) is 12.0 Å². The number of nitriles is 1. The van der Waals surface area contributed by atoms with Crippen LogP contribution in [0.3, 0.4) is 0 Å². The van der Waals surface area contributed by atoms with Crippen molar-refractivity contribution in [2.45, 2.75) is 25.8 Å². The monoisotopic (exact) mass is 397 g/mol. The van der Waals surface area contributed by atoms with Crippen molar-refractivity contribution >= 4 is 28.5 Å². The molecule has 144 valence electrons. The fourth-order valence-electron chi connectivity index (χ4n) is 3.78. The molecule has 1 aromatic carbocycles. The number of anilines is 1. The number of ether oxygens (including phenoxy) is 1. The molecule has 3 heterocycles. The van der Waals surface area contributed by atoms with Gasteiger partial charge in [0, 0.05) is 30.1 Å². The maximum Gasteiger partial charge on any atom is 0.164 e. The van der Waals surface area contributed by atoms with E-state index in [1.807, 2.05) is 13.8 Å². The topological polar surface area (TPSA) is 115 Å². The molecule has 4 rings (SSSR count). The van der Waals surface area contributed by atoms with Crippen LogP contribution in [-0.4, -0.2) is 39.9 Å². The van der Waals surface area contributed by atoms with Gasteiger partial charge in [0.05, 0.1) is 34.8 Å². The van der Waals surface area contributed by atoms with Crippen LogP contribution in [0.1, 0.15) is 41.3 Å². The zero-order valence-electron chi connectivity index (χ0n) is 15.8. The Morgan fingerprint density at radius 1 is 1.43 bits per heavy atom. The van der Waals surface area contributed by atoms with Crippen molar-refractivity contribution in [1.82, 2.24) is 25.1 Å². The second-order valence-corrected chi connectivity index (χ2v) is 7.31. The van der Waals surface area contributed by atoms with E-state index >= 15 is 0 Å². The summed E-state index contributed by atoms with van der Waals surface area (Å²) in [6.07, 6.45) is 1.43. The van der Waals surface area contributed by atoms with Crippen molar-refractivity contribution in [2.24, 2.45) is 0 Å². The SMILES string of the molecule is COc1c(C(C)n2nc(C)c3c(N)ncnc32)cc(Cl)c(C#N)c1C1CNC1. The Morgan fingerprint density at radius 3 is 2.79 bits per heavy atom. The highest BCUT2D eigenvalue weighted by Gasteiger charge is 2.31. The molecule has 1 saturated heterocycles. The van der Waals surface area contributed by atoms with Crippen LogP contribution >= 0.6 is 11.6 Å². The highest BCUT2D eigenvalue weighted by atomic mass is 35.5. The van der Waals surface area contributed by atoms with E-state index in [4.69, 9.17) is 22.1 Å². The predicted octanol–water partition coefficient (Wildman–Crippen LogP) is 2.55. The Hall–Kier alpha value is -2.89. The average Bonchev–Trinajstić information content (AvgIpc) is 2.97. The van der Waals surface area contributed by atoms with E-state index in [9.17, 15) is 5.26 Å². The molecule has 9 heteroatoms. The van der Waals surface area contributed by atoms with Gasteiger partial charge in [0.1, 0.15) is 24.0 Å². The summed E-state index contributed by atoms with van der Waals surface area (Å²) in [5, 5.41) is 18.7. The minimum absolute atomic E-state index is 0.184. The molecule has 8 nitrogen and oxygen atoms in total. The Labute approximate surface area is 167 Å². The van der Waals surface area contributed by atoms with Gasteiger partial charge in [-0.2, -0.15) is 10.4 Å². The smallest absolute Gasteiger partial charge is 0.164 e. The molecule has 3 N–H and O–H groups in total. The van der Waals surface area contributed by atoms with Crippen molar-refractivity contribution in [3.63, 3.8) is 0 Å². The van der Waals surface area contributed by atoms with Crippen molar-refractivity contribution in [3.05, 3.63) is 39.8 Å². The molecule has 0 spiro atoms. The highest BCUT2D eigenvalue weighted by Crippen LogP contribution is 2.42. The van der Waals surface area contributed by atoms with Gasteiger partial charge in [-0.15, -0.1) is 0 Å². The van der Waals surface area contributed by atoms with E-state index in [0.29, 0.717) is 27.8 Å². The fraction of sp³-hybridized carbons (Fsp3) is 0.368. The van der Waals surface area contributed by atoms with Gasteiger partial charge in [0.25, 0.3) is 0 Å². The van der Waals surface area contributed by atoms with E-state index in [2.05, 4.69) is 26.5 Å². The predicted molar refractivity (Wildman–Crippen MR) is 107 cm³/mol. The number of benzene rings is 1. The second kappa shape index (κ2) is 6.93. The van der Waals surface area contributed by atoms with Crippen LogP contribution in [0.4, 0.5) is 5.82 Å². The number of aromatic nitrogens is 4. The van der Waals surface area contributed by atoms with Gasteiger partial charge >= 0.3 is 0 Å². The number of methoxy groups -OCH3 is 1. The number of nitrogens with zero attached hydrogens (tertiary/aromatic N) is 5. The zero-order valence-corrected chi connectivity index (χ0v) is 16.6. The third kappa shape index (κ3) is 2.66. The van der Waals surface area contributed by atoms with Crippen LogP contribution in [0, 0.1) is 18.3 Å². The summed E-state index contributed by atoms with van der Waals surface area (Å²) in [5.74, 6) is 1.25. The van der Waals surface area contributed by atoms with Gasteiger partial charge in [0.15, 0.2) is 5.65 Å². The number of nitrogen functional groups attached to an aromatic ring is 1. The number of nitrogens with two attached hydrogens (primary N) is 1. The highest BCUT2D eigenvalue weighted by molar-refractivity contribution is 6.32. The summed E-state index contributed by atoms with van der Waals surface area (Å²) in [6.45, 7) is 5.44. The molecule has 0 bridgehead atoms. The third-order valence-electron chi connectivity index (χ3n) is 5.31. The van der Waals surface area contributed by atoms with E-state index in [0.717, 1.165) is 35.3 Å². The van der Waals surface area contributed by atoms with E-state index in [1.165, 1.54) is 6.33 Å². The minimum atomic E-state index is -0.238. The van der Waals surface area contributed by atoms with Gasteiger partial charge in [-0.3, -0.25) is 0 Å². The van der Waals surface area contributed by atoms with Crippen LogP contribution in [0.5, 0.6) is 5.75 Å². The molecule has 1 unspecified atom stereocenters. The first-order valence-corrected chi connectivity index (χ1v) is 9.32. The number of fused-ring (bicyclic) bond motifs is 1. The van der Waals surface area contributed by atoms with Crippen molar-refractivity contribution < 1.29 is 4.74 Å². The van der Waals surface area contributed by atoms with Crippen LogP contribution in [0.25, 0.3) is 11.0 Å². The Balaban J connectivity index is 1.94. The Morgan fingerprint density at radius 2 is 2.18 bits per heavy atom. The van der Waals surface area contributed by atoms with Gasteiger partial charge in [-0.1, -0.05) is 11.6 Å². The summed E-state index contributed by atoms with van der Waals surface area (Å²) in [7, 11) is 1.61. The lowest BCUT2D eigenvalue weighted by atomic mass is 9.86. The molecule has 0 aliphatic carbocycles. The van der Waals surface area contributed by atoms with Gasteiger partial charge < -0.3 is 15.8 Å². The number of aryl methyl sites for hydroxylation is 1. The van der Waals surface area contributed by atoms with Crippen LogP contribution in [-0.2, 0) is 0 Å². The molecule has 1 fully saturated rings. The average molecular weight is 398 g/mol. The molecule has 1 aliphatic rings. The van der Waals surface area contributed by atoms with Gasteiger partial charge in [0.2, 0.25) is 0 Å². The summed E-state index contributed by atoms with van der Waals surface area (Å²) in [5.41, 5.74) is 9.58. The van der Waals surface area contributed by atoms with E-state index < -0.39 is 0 Å². The molecule has 3 aromatic rings. The second-order valence-electron chi connectivity index (χ2n) is 6.90. The van der Waals surface area contributed by atoms with Gasteiger partial charge in [-0.05, 0) is 19.9 Å². The molecular weight excluding hydrogens is 378 g/mol. The van der Waals surface area contributed by atoms with Crippen molar-refractivity contribution in [2.75, 3.05) is 25.9 Å². The first kappa shape index (κ1) is 18.5. The molecule has 0 saturated carbocycles. The molecule has 1 atom stereocenters. The minimum Gasteiger partial charge on any atom is -0.496 e. The molecular formula is C19H20ClN7O. The maximum absolute atomic E-state index is 9.65. The summed E-state index contributed by atoms with van der Waals surface area (Å²) in [6, 6.07) is 3.78. The number of nitrogens with one attached hydrogen (secondary N) is 1. The fourth-order valence-corrected chi connectivity index (χ4v) is 4.04. The molecule has 0 radical (unpaired) electrons. The zero-order chi connectivity index (χ0) is 20.0. The maximum atomic E-state index is 9.65. The first-order valence-electron chi connectivity index (χ1n) is 8.94. The van der Waals surface area contributed by atoms with Crippen LogP contribution in [0.15, 0.2) is 12.4 Å². The molecule has 0 amide bonds. The van der Waals surface area contributed by atoms with E-state index in [1.54, 1.807) is 17.9 Å². The number of hydrogen-bond acceptors (Lipinski definition) is 7. The normalized spacial score (nSPS) is 15.2. The van der Waals surface area contributed by atoms with Crippen LogP contribution < -0.4 is 15.8 Å². The molecule has 2 aromatic heterocycles. The van der Waals surface area contributed by atoms with Crippen molar-refractivity contribution in [3.8, 4) is 11.8 Å². The number of hydrogen-bond donors (Lipinski definition) is 2. The lowest BCUT2D eigenvalue weighted by Gasteiger charge is -2.31. The molecule has 1 aliphatic heterocycles. The van der Waals surface area contributed by atoms with Gasteiger partial charge in [-0.25, -0.2) is 14.6 Å². The lowest BCUT2D eigenvalue weighted by Crippen LogP contribution is -2.40. The standard InChI is InChI=1S/C19H20ClN7O/c1-9-15-18(22)24-8-25-19(15)27(26-9)10(2)12-4-14(20)13(5-21)16(17(12)28-3)11-6-23-7-11/h4,8,10-11,23H,6-7H2,1-3H3,(H2,22,24,25). The van der Waals surface area contributed by atoms with Crippen LogP contribution in [0.2, 0.25) is 5.02 Å². The molecule has 28 heavy (non-hydrogen) atoms. The summed E-state index contributed by atoms with van der Waals surface area (Å²) >= 11 is 6.50. The van der Waals surface area contributed by atoms with Crippen molar-refractivity contribution in [1.29, 1.82) is 5.26 Å².